The van der Waals surface area contributed by atoms with Crippen molar-refractivity contribution < 1.29 is 18.0 Å². The second kappa shape index (κ2) is 9.36. The van der Waals surface area contributed by atoms with Crippen LogP contribution in [0.5, 0.6) is 0 Å². The maximum Gasteiger partial charge on any atom is 0.354 e. The van der Waals surface area contributed by atoms with Crippen molar-refractivity contribution >= 4 is 44.1 Å². The summed E-state index contributed by atoms with van der Waals surface area (Å²) in [6.07, 6.45) is 1.06. The lowest BCUT2D eigenvalue weighted by atomic mass is 10.1. The second-order valence-corrected chi connectivity index (χ2v) is 8.99. The van der Waals surface area contributed by atoms with E-state index in [1.54, 1.807) is 24.3 Å². The number of aryl methyl sites for hydroxylation is 1. The van der Waals surface area contributed by atoms with E-state index in [4.69, 9.17) is 17.3 Å². The van der Waals surface area contributed by atoms with Gasteiger partial charge in [-0.2, -0.15) is 8.42 Å². The highest BCUT2D eigenvalue weighted by Crippen LogP contribution is 2.27. The molecular weight excluding hydrogens is 428 g/mol. The van der Waals surface area contributed by atoms with Crippen LogP contribution in [0.15, 0.2) is 48.5 Å². The number of rotatable bonds is 6. The number of hydrogen-bond donors (Lipinski definition) is 2. The number of anilines is 2. The smallest absolute Gasteiger partial charge is 0.354 e. The fraction of sp³-hybridized carbons (Fsp3) is 0.300. The molecule has 2 amide bonds. The maximum absolute atomic E-state index is 12.5. The van der Waals surface area contributed by atoms with Crippen LogP contribution in [0.1, 0.15) is 12.0 Å². The maximum atomic E-state index is 12.5. The topological polar surface area (TPSA) is 113 Å². The van der Waals surface area contributed by atoms with Crippen LogP contribution in [0.25, 0.3) is 0 Å². The number of nitrogens with one attached hydrogen (secondary N) is 1. The van der Waals surface area contributed by atoms with Crippen molar-refractivity contribution in [3.63, 3.8) is 0 Å². The number of piperazine rings is 1. The molecule has 0 unspecified atom stereocenters. The van der Waals surface area contributed by atoms with Gasteiger partial charge in [-0.15, -0.1) is 0 Å². The van der Waals surface area contributed by atoms with Gasteiger partial charge in [0.1, 0.15) is 0 Å². The number of primary amides is 1. The van der Waals surface area contributed by atoms with E-state index in [9.17, 15) is 18.0 Å². The molecule has 2 aromatic rings. The molecule has 8 nitrogen and oxygen atoms in total. The molecule has 1 aliphatic heterocycles. The van der Waals surface area contributed by atoms with E-state index in [1.165, 1.54) is 0 Å². The van der Waals surface area contributed by atoms with E-state index in [1.807, 2.05) is 34.1 Å². The van der Waals surface area contributed by atoms with Gasteiger partial charge < -0.3 is 15.5 Å². The SMILES string of the molecule is NC(=O)S(=O)(=O)Nc1ccccc1N1CCN(C(=O)CCc2ccc(Cl)cc2)CC1. The molecule has 0 saturated carbocycles. The number of benzene rings is 2. The number of hydrogen-bond acceptors (Lipinski definition) is 5. The lowest BCUT2D eigenvalue weighted by Gasteiger charge is -2.37. The van der Waals surface area contributed by atoms with Gasteiger partial charge >= 0.3 is 15.3 Å². The van der Waals surface area contributed by atoms with Crippen molar-refractivity contribution in [2.75, 3.05) is 35.8 Å². The average molecular weight is 451 g/mol. The Bertz CT molecular complexity index is 1020. The van der Waals surface area contributed by atoms with Crippen LogP contribution in [0, 0.1) is 0 Å². The summed E-state index contributed by atoms with van der Waals surface area (Å²) in [4.78, 5) is 27.5. The minimum absolute atomic E-state index is 0.0762. The summed E-state index contributed by atoms with van der Waals surface area (Å²) in [6, 6.07) is 14.2. The van der Waals surface area contributed by atoms with Crippen molar-refractivity contribution in [3.05, 3.63) is 59.1 Å². The van der Waals surface area contributed by atoms with Crippen molar-refractivity contribution in [2.24, 2.45) is 5.73 Å². The van der Waals surface area contributed by atoms with Gasteiger partial charge in [-0.1, -0.05) is 35.9 Å². The van der Waals surface area contributed by atoms with Crippen molar-refractivity contribution in [1.29, 1.82) is 0 Å². The van der Waals surface area contributed by atoms with E-state index in [0.717, 1.165) is 5.56 Å². The van der Waals surface area contributed by atoms with Crippen LogP contribution in [-0.2, 0) is 21.2 Å². The third-order valence-corrected chi connectivity index (χ3v) is 6.20. The molecule has 1 heterocycles. The van der Waals surface area contributed by atoms with E-state index in [-0.39, 0.29) is 11.6 Å². The normalized spacial score (nSPS) is 14.4. The Morgan fingerprint density at radius 3 is 2.27 bits per heavy atom. The zero-order valence-corrected chi connectivity index (χ0v) is 17.8. The summed E-state index contributed by atoms with van der Waals surface area (Å²) in [6.45, 7) is 2.14. The summed E-state index contributed by atoms with van der Waals surface area (Å²) in [5.41, 5.74) is 6.89. The van der Waals surface area contributed by atoms with Crippen LogP contribution >= 0.6 is 11.6 Å². The van der Waals surface area contributed by atoms with Crippen LogP contribution in [0.2, 0.25) is 5.02 Å². The van der Waals surface area contributed by atoms with Gasteiger partial charge in [0.05, 0.1) is 11.4 Å². The van der Waals surface area contributed by atoms with E-state index in [2.05, 4.69) is 4.72 Å². The van der Waals surface area contributed by atoms with Gasteiger partial charge in [-0.25, -0.2) is 0 Å². The van der Waals surface area contributed by atoms with Crippen molar-refractivity contribution in [3.8, 4) is 0 Å². The lowest BCUT2D eigenvalue weighted by molar-refractivity contribution is -0.131. The molecule has 1 fully saturated rings. The first-order chi connectivity index (χ1) is 14.3. The number of carbonyl (C=O) groups is 2. The molecule has 0 spiro atoms. The molecule has 1 saturated heterocycles. The number of para-hydroxylation sites is 2. The zero-order valence-electron chi connectivity index (χ0n) is 16.3. The van der Waals surface area contributed by atoms with E-state index < -0.39 is 15.3 Å². The molecule has 160 valence electrons. The standard InChI is InChI=1S/C20H23ClN4O4S/c21-16-8-5-15(6-9-16)7-10-19(26)25-13-11-24(12-14-25)18-4-2-1-3-17(18)23-30(28,29)20(22)27/h1-6,8-9,23H,7,10-14H2,(H2,22,27). The number of sulfonamides is 1. The molecule has 30 heavy (non-hydrogen) atoms. The molecule has 0 atom stereocenters. The second-order valence-electron chi connectivity index (χ2n) is 6.94. The summed E-state index contributed by atoms with van der Waals surface area (Å²) < 4.78 is 25.9. The number of nitrogens with two attached hydrogens (primary N) is 1. The first-order valence-electron chi connectivity index (χ1n) is 9.45. The highest BCUT2D eigenvalue weighted by Gasteiger charge is 2.25. The number of amides is 2. The third-order valence-electron chi connectivity index (χ3n) is 4.93. The fourth-order valence-electron chi connectivity index (χ4n) is 3.29. The molecular formula is C20H23ClN4O4S. The van der Waals surface area contributed by atoms with Gasteiger partial charge in [0.2, 0.25) is 5.91 Å². The van der Waals surface area contributed by atoms with Gasteiger partial charge in [0.15, 0.2) is 0 Å². The van der Waals surface area contributed by atoms with Crippen LogP contribution in [0.4, 0.5) is 16.2 Å². The molecule has 10 heteroatoms. The molecule has 0 bridgehead atoms. The first-order valence-corrected chi connectivity index (χ1v) is 11.3. The Balaban J connectivity index is 1.58. The van der Waals surface area contributed by atoms with Crippen molar-refractivity contribution in [1.82, 2.24) is 4.90 Å². The average Bonchev–Trinajstić information content (AvgIpc) is 2.73. The molecule has 1 aliphatic rings. The first kappa shape index (κ1) is 21.9. The zero-order chi connectivity index (χ0) is 21.7. The van der Waals surface area contributed by atoms with Crippen LogP contribution < -0.4 is 15.4 Å². The quantitative estimate of drug-likeness (QED) is 0.701. The summed E-state index contributed by atoms with van der Waals surface area (Å²) >= 11 is 5.88. The van der Waals surface area contributed by atoms with E-state index in [0.29, 0.717) is 49.7 Å². The Morgan fingerprint density at radius 2 is 1.63 bits per heavy atom. The highest BCUT2D eigenvalue weighted by molar-refractivity contribution is 8.07. The molecule has 0 radical (unpaired) electrons. The molecule has 0 aromatic heterocycles. The Kier molecular flexibility index (Phi) is 6.84. The Labute approximate surface area is 180 Å². The number of nitrogens with zero attached hydrogens (tertiary/aromatic N) is 2. The largest absolute Gasteiger partial charge is 0.366 e. The summed E-state index contributed by atoms with van der Waals surface area (Å²) in [5, 5.41) is -0.770. The van der Waals surface area contributed by atoms with Crippen LogP contribution in [-0.4, -0.2) is 50.6 Å². The third kappa shape index (κ3) is 5.43. The number of carbonyl (C=O) groups excluding carboxylic acids is 2. The lowest BCUT2D eigenvalue weighted by Crippen LogP contribution is -2.49. The Morgan fingerprint density at radius 1 is 1.00 bits per heavy atom. The minimum atomic E-state index is -4.28. The molecule has 3 N–H and O–H groups in total. The molecule has 2 aromatic carbocycles. The van der Waals surface area contributed by atoms with Gasteiger partial charge in [-0.05, 0) is 36.2 Å². The Hall–Kier alpha value is -2.78. The van der Waals surface area contributed by atoms with Gasteiger partial charge in [0, 0.05) is 37.6 Å². The predicted octanol–water partition coefficient (Wildman–Crippen LogP) is 2.44. The monoisotopic (exact) mass is 450 g/mol. The summed E-state index contributed by atoms with van der Waals surface area (Å²) in [5.74, 6) is 0.0762. The molecule has 0 aliphatic carbocycles. The van der Waals surface area contributed by atoms with Crippen LogP contribution in [0.3, 0.4) is 0 Å². The highest BCUT2D eigenvalue weighted by atomic mass is 35.5. The number of halogens is 1. The molecule has 3 rings (SSSR count). The predicted molar refractivity (Wildman–Crippen MR) is 117 cm³/mol. The minimum Gasteiger partial charge on any atom is -0.366 e. The van der Waals surface area contributed by atoms with E-state index >= 15 is 0 Å². The van der Waals surface area contributed by atoms with Gasteiger partial charge in [-0.3, -0.25) is 14.3 Å². The van der Waals surface area contributed by atoms with Gasteiger partial charge in [0.25, 0.3) is 0 Å². The summed E-state index contributed by atoms with van der Waals surface area (Å²) in [7, 11) is -4.28. The fourth-order valence-corrected chi connectivity index (χ4v) is 3.98. The van der Waals surface area contributed by atoms with Crippen molar-refractivity contribution in [2.45, 2.75) is 12.8 Å².